The Balaban J connectivity index is 3.40. The van der Waals surface area contributed by atoms with Gasteiger partial charge in [0.2, 0.25) is 17.7 Å². The van der Waals surface area contributed by atoms with Crippen LogP contribution in [0.25, 0.3) is 0 Å². The minimum absolute atomic E-state index is 0.0900. The van der Waals surface area contributed by atoms with E-state index in [2.05, 4.69) is 10.6 Å². The number of amides is 4. The van der Waals surface area contributed by atoms with Crippen LogP contribution in [0, 0.1) is 6.92 Å². The number of benzene rings is 1. The largest absolute Gasteiger partial charge is 0.444 e. The van der Waals surface area contributed by atoms with E-state index in [4.69, 9.17) is 10.5 Å². The maximum atomic E-state index is 13.7. The lowest BCUT2D eigenvalue weighted by molar-refractivity contribution is -0.143. The van der Waals surface area contributed by atoms with Crippen molar-refractivity contribution in [3.05, 3.63) is 35.4 Å². The van der Waals surface area contributed by atoms with Crippen molar-refractivity contribution in [3.8, 4) is 0 Å². The van der Waals surface area contributed by atoms with Crippen molar-refractivity contribution < 1.29 is 29.0 Å². The zero-order valence-corrected chi connectivity index (χ0v) is 21.4. The van der Waals surface area contributed by atoms with Crippen molar-refractivity contribution >= 4 is 23.8 Å². The van der Waals surface area contributed by atoms with E-state index >= 15 is 0 Å². The van der Waals surface area contributed by atoms with Crippen LogP contribution in [0.4, 0.5) is 4.79 Å². The Morgan fingerprint density at radius 1 is 1.17 bits per heavy atom. The summed E-state index contributed by atoms with van der Waals surface area (Å²) in [5.41, 5.74) is 5.85. The lowest BCUT2D eigenvalue weighted by atomic mass is 9.97. The summed E-state index contributed by atoms with van der Waals surface area (Å²) in [7, 11) is 0. The SMILES string of the molecule is CCCCNC(=O)C(c1ccccc1C)N(CCO)C(=O)C(CCC(N)=O)NC(=O)OC(C)(C)C. The molecule has 2 unspecified atom stereocenters. The first-order chi connectivity index (χ1) is 16.4. The third-order valence-electron chi connectivity index (χ3n) is 5.17. The molecule has 0 aromatic heterocycles. The number of aliphatic hydroxyl groups excluding tert-OH is 1. The van der Waals surface area contributed by atoms with Crippen molar-refractivity contribution in [3.63, 3.8) is 0 Å². The second-order valence-corrected chi connectivity index (χ2v) is 9.36. The highest BCUT2D eigenvalue weighted by atomic mass is 16.6. The number of aliphatic hydroxyl groups is 1. The molecule has 0 aliphatic carbocycles. The molecule has 0 bridgehead atoms. The first kappa shape index (κ1) is 29.9. The molecule has 10 nitrogen and oxygen atoms in total. The van der Waals surface area contributed by atoms with Crippen molar-refractivity contribution in [2.45, 2.75) is 78.0 Å². The maximum absolute atomic E-state index is 13.7. The molecule has 35 heavy (non-hydrogen) atoms. The van der Waals surface area contributed by atoms with Crippen LogP contribution in [0.2, 0.25) is 0 Å². The minimum atomic E-state index is -1.20. The fourth-order valence-electron chi connectivity index (χ4n) is 3.50. The van der Waals surface area contributed by atoms with Gasteiger partial charge in [-0.3, -0.25) is 14.4 Å². The number of nitrogens with one attached hydrogen (secondary N) is 2. The normalized spacial score (nSPS) is 12.9. The molecule has 1 aromatic carbocycles. The van der Waals surface area contributed by atoms with Gasteiger partial charge in [-0.25, -0.2) is 4.79 Å². The van der Waals surface area contributed by atoms with Gasteiger partial charge in [0.25, 0.3) is 0 Å². The highest BCUT2D eigenvalue weighted by Crippen LogP contribution is 2.26. The quantitative estimate of drug-likeness (QED) is 0.309. The highest BCUT2D eigenvalue weighted by Gasteiger charge is 2.36. The summed E-state index contributed by atoms with van der Waals surface area (Å²) in [6.07, 6.45) is 0.541. The number of rotatable bonds is 13. The molecule has 0 fully saturated rings. The Morgan fingerprint density at radius 2 is 1.83 bits per heavy atom. The number of aryl methyl sites for hydroxylation is 1. The van der Waals surface area contributed by atoms with Crippen LogP contribution in [-0.2, 0) is 19.1 Å². The molecule has 0 saturated carbocycles. The molecule has 4 amide bonds. The van der Waals surface area contributed by atoms with E-state index in [0.29, 0.717) is 12.1 Å². The van der Waals surface area contributed by atoms with Gasteiger partial charge in [-0.15, -0.1) is 0 Å². The fraction of sp³-hybridized carbons (Fsp3) is 0.600. The molecule has 10 heteroatoms. The molecule has 0 aliphatic heterocycles. The van der Waals surface area contributed by atoms with E-state index in [1.807, 2.05) is 26.0 Å². The Labute approximate surface area is 207 Å². The molecule has 0 spiro atoms. The standard InChI is InChI=1S/C25H40N4O6/c1-6-7-14-27-22(32)21(18-11-9-8-10-17(18)2)29(15-16-30)23(33)19(12-13-20(26)31)28-24(34)35-25(3,4)5/h8-11,19,21,30H,6-7,12-16H2,1-5H3,(H2,26,31)(H,27,32)(H,28,34). The van der Waals surface area contributed by atoms with Crippen LogP contribution in [-0.4, -0.2) is 65.2 Å². The first-order valence-electron chi connectivity index (χ1n) is 11.9. The molecule has 1 rings (SSSR count). The maximum Gasteiger partial charge on any atom is 0.408 e. The Morgan fingerprint density at radius 3 is 2.37 bits per heavy atom. The van der Waals surface area contributed by atoms with Gasteiger partial charge in [0.05, 0.1) is 6.61 Å². The zero-order chi connectivity index (χ0) is 26.6. The first-order valence-corrected chi connectivity index (χ1v) is 11.9. The molecule has 0 radical (unpaired) electrons. The van der Waals surface area contributed by atoms with Gasteiger partial charge >= 0.3 is 6.09 Å². The summed E-state index contributed by atoms with van der Waals surface area (Å²) < 4.78 is 5.28. The average molecular weight is 493 g/mol. The number of primary amides is 1. The number of unbranched alkanes of at least 4 members (excludes halogenated alkanes) is 1. The predicted octanol–water partition coefficient (Wildman–Crippen LogP) is 1.93. The van der Waals surface area contributed by atoms with Crippen molar-refractivity contribution in [1.82, 2.24) is 15.5 Å². The minimum Gasteiger partial charge on any atom is -0.444 e. The van der Waals surface area contributed by atoms with Gasteiger partial charge in [-0.2, -0.15) is 0 Å². The third kappa shape index (κ3) is 10.3. The van der Waals surface area contributed by atoms with Crippen LogP contribution in [0.1, 0.15) is 70.5 Å². The van der Waals surface area contributed by atoms with Gasteiger partial charge in [0.15, 0.2) is 0 Å². The number of nitrogens with two attached hydrogens (primary N) is 1. The second kappa shape index (κ2) is 14.3. The summed E-state index contributed by atoms with van der Waals surface area (Å²) >= 11 is 0. The van der Waals surface area contributed by atoms with E-state index < -0.39 is 48.1 Å². The average Bonchev–Trinajstić information content (AvgIpc) is 2.75. The lowest BCUT2D eigenvalue weighted by Gasteiger charge is -2.34. The Hall–Kier alpha value is -3.14. The molecular weight excluding hydrogens is 452 g/mol. The number of hydrogen-bond acceptors (Lipinski definition) is 6. The van der Waals surface area contributed by atoms with E-state index in [9.17, 15) is 24.3 Å². The smallest absolute Gasteiger partial charge is 0.408 e. The molecule has 0 aliphatic rings. The number of carbonyl (C=O) groups excluding carboxylic acids is 4. The van der Waals surface area contributed by atoms with E-state index in [0.717, 1.165) is 18.4 Å². The van der Waals surface area contributed by atoms with Crippen LogP contribution in [0.3, 0.4) is 0 Å². The molecular formula is C25H40N4O6. The van der Waals surface area contributed by atoms with Crippen LogP contribution >= 0.6 is 0 Å². The number of ether oxygens (including phenoxy) is 1. The number of nitrogens with zero attached hydrogens (tertiary/aromatic N) is 1. The predicted molar refractivity (Wildman–Crippen MR) is 132 cm³/mol. The summed E-state index contributed by atoms with van der Waals surface area (Å²) in [5.74, 6) is -1.68. The van der Waals surface area contributed by atoms with Crippen LogP contribution in [0.15, 0.2) is 24.3 Å². The van der Waals surface area contributed by atoms with Gasteiger partial charge < -0.3 is 31.1 Å². The van der Waals surface area contributed by atoms with Crippen molar-refractivity contribution in [2.75, 3.05) is 19.7 Å². The van der Waals surface area contributed by atoms with Crippen LogP contribution < -0.4 is 16.4 Å². The second-order valence-electron chi connectivity index (χ2n) is 9.36. The van der Waals surface area contributed by atoms with Gasteiger partial charge in [0.1, 0.15) is 17.7 Å². The number of carbonyl (C=O) groups is 4. The summed E-state index contributed by atoms with van der Waals surface area (Å²) in [4.78, 5) is 52.2. The van der Waals surface area contributed by atoms with Gasteiger partial charge in [-0.05, 0) is 51.7 Å². The van der Waals surface area contributed by atoms with Gasteiger partial charge in [0, 0.05) is 19.5 Å². The lowest BCUT2D eigenvalue weighted by Crippen LogP contribution is -2.54. The molecule has 196 valence electrons. The molecule has 1 aromatic rings. The summed E-state index contributed by atoms with van der Waals surface area (Å²) in [5, 5.41) is 15.1. The Kier molecular flexibility index (Phi) is 12.2. The third-order valence-corrected chi connectivity index (χ3v) is 5.17. The topological polar surface area (TPSA) is 151 Å². The molecule has 0 heterocycles. The van der Waals surface area contributed by atoms with E-state index in [1.165, 1.54) is 4.90 Å². The molecule has 5 N–H and O–H groups in total. The van der Waals surface area contributed by atoms with Crippen molar-refractivity contribution in [1.29, 1.82) is 0 Å². The number of alkyl carbamates (subject to hydrolysis) is 1. The summed E-state index contributed by atoms with van der Waals surface area (Å²) in [6, 6.07) is 4.91. The van der Waals surface area contributed by atoms with Crippen molar-refractivity contribution in [2.24, 2.45) is 5.73 Å². The van der Waals surface area contributed by atoms with E-state index in [-0.39, 0.29) is 19.4 Å². The Bertz CT molecular complexity index is 868. The zero-order valence-electron chi connectivity index (χ0n) is 21.4. The van der Waals surface area contributed by atoms with E-state index in [1.54, 1.807) is 32.9 Å². The molecule has 2 atom stereocenters. The fourth-order valence-corrected chi connectivity index (χ4v) is 3.50. The van der Waals surface area contributed by atoms with Crippen LogP contribution in [0.5, 0.6) is 0 Å². The molecule has 0 saturated heterocycles. The summed E-state index contributed by atoms with van der Waals surface area (Å²) in [6.45, 7) is 8.72. The van der Waals surface area contributed by atoms with Gasteiger partial charge in [-0.1, -0.05) is 37.6 Å². The highest BCUT2D eigenvalue weighted by molar-refractivity contribution is 5.92. The monoisotopic (exact) mass is 492 g/mol. The number of hydrogen-bond donors (Lipinski definition) is 4.